The van der Waals surface area contributed by atoms with Gasteiger partial charge in [0.15, 0.2) is 0 Å². The normalized spacial score (nSPS) is 22.1. The van der Waals surface area contributed by atoms with Gasteiger partial charge < -0.3 is 0 Å². The summed E-state index contributed by atoms with van der Waals surface area (Å²) in [6, 6.07) is 2.28. The summed E-state index contributed by atoms with van der Waals surface area (Å²) < 4.78 is 0. The predicted molar refractivity (Wildman–Crippen MR) is 38.8 cm³/mol. The lowest BCUT2D eigenvalue weighted by molar-refractivity contribution is 0.825. The summed E-state index contributed by atoms with van der Waals surface area (Å²) in [6.45, 7) is 0. The first kappa shape index (κ1) is 5.87. The van der Waals surface area contributed by atoms with Crippen molar-refractivity contribution in [3.63, 3.8) is 0 Å². The molecule has 0 N–H and O–H groups in total. The summed E-state index contributed by atoms with van der Waals surface area (Å²) in [6.07, 6.45) is 1.97. The molecule has 0 spiro atoms. The molecule has 1 aliphatic carbocycles. The number of aryl methyl sites for hydroxylation is 1. The maximum Gasteiger partial charge on any atom is 0.0828 e. The van der Waals surface area contributed by atoms with E-state index in [0.717, 1.165) is 18.5 Å². The highest BCUT2D eigenvalue weighted by Crippen LogP contribution is 2.34. The zero-order chi connectivity index (χ0) is 6.97. The Hall–Kier alpha value is -0.880. The van der Waals surface area contributed by atoms with Crippen LogP contribution in [0.5, 0.6) is 0 Å². The topological polar surface area (TPSA) is 36.7 Å². The smallest absolute Gasteiger partial charge is 0.0828 e. The monoisotopic (exact) mass is 150 g/mol. The fourth-order valence-corrected chi connectivity index (χ4v) is 2.20. The fourth-order valence-electron chi connectivity index (χ4n) is 1.28. The Kier molecular flexibility index (Phi) is 1.21. The number of hydrogen-bond donors (Lipinski definition) is 0. The van der Waals surface area contributed by atoms with Crippen LogP contribution in [0.4, 0.5) is 0 Å². The van der Waals surface area contributed by atoms with Crippen LogP contribution in [0.3, 0.4) is 0 Å². The van der Waals surface area contributed by atoms with Crippen molar-refractivity contribution in [3.8, 4) is 6.07 Å². The molecule has 0 saturated carbocycles. The number of hydrogen-bond acceptors (Lipinski definition) is 3. The lowest BCUT2D eigenvalue weighted by atomic mass is 10.1. The van der Waals surface area contributed by atoms with Crippen LogP contribution >= 0.6 is 11.3 Å². The number of rotatable bonds is 0. The van der Waals surface area contributed by atoms with Crippen LogP contribution in [0.15, 0.2) is 5.51 Å². The Labute approximate surface area is 63.1 Å². The molecule has 1 unspecified atom stereocenters. The van der Waals surface area contributed by atoms with Crippen molar-refractivity contribution in [1.82, 2.24) is 4.98 Å². The van der Waals surface area contributed by atoms with Gasteiger partial charge in [-0.25, -0.2) is 4.98 Å². The highest BCUT2D eigenvalue weighted by Gasteiger charge is 2.24. The van der Waals surface area contributed by atoms with E-state index in [0.29, 0.717) is 0 Å². The van der Waals surface area contributed by atoms with E-state index in [1.807, 2.05) is 5.51 Å². The van der Waals surface area contributed by atoms with Gasteiger partial charge in [-0.05, 0) is 12.8 Å². The summed E-state index contributed by atoms with van der Waals surface area (Å²) in [4.78, 5) is 5.36. The number of fused-ring (bicyclic) bond motifs is 1. The SMILES string of the molecule is N#CC1CCc2ncsc21. The van der Waals surface area contributed by atoms with Crippen molar-refractivity contribution in [2.45, 2.75) is 18.8 Å². The van der Waals surface area contributed by atoms with E-state index in [2.05, 4.69) is 11.1 Å². The van der Waals surface area contributed by atoms with Gasteiger partial charge in [-0.1, -0.05) is 0 Å². The second-order valence-electron chi connectivity index (χ2n) is 2.38. The van der Waals surface area contributed by atoms with Gasteiger partial charge in [0, 0.05) is 4.88 Å². The minimum atomic E-state index is 0.141. The number of thiazole rings is 1. The lowest BCUT2D eigenvalue weighted by Crippen LogP contribution is -1.82. The van der Waals surface area contributed by atoms with E-state index in [1.54, 1.807) is 11.3 Å². The van der Waals surface area contributed by atoms with Crippen LogP contribution in [0.1, 0.15) is 22.9 Å². The molecule has 2 nitrogen and oxygen atoms in total. The second-order valence-corrected chi connectivity index (χ2v) is 3.27. The molecule has 0 bridgehead atoms. The Bertz CT molecular complexity index is 284. The first-order valence-electron chi connectivity index (χ1n) is 3.23. The van der Waals surface area contributed by atoms with E-state index in [4.69, 9.17) is 5.26 Å². The predicted octanol–water partition coefficient (Wildman–Crippen LogP) is 1.70. The van der Waals surface area contributed by atoms with Crippen LogP contribution in [-0.2, 0) is 6.42 Å². The van der Waals surface area contributed by atoms with Crippen molar-refractivity contribution in [1.29, 1.82) is 5.26 Å². The average molecular weight is 150 g/mol. The standard InChI is InChI=1S/C7H6N2S/c8-3-5-1-2-6-7(5)10-4-9-6/h4-5H,1-2H2. The zero-order valence-electron chi connectivity index (χ0n) is 5.37. The molecule has 1 atom stereocenters. The third-order valence-electron chi connectivity index (χ3n) is 1.81. The van der Waals surface area contributed by atoms with Gasteiger partial charge in [-0.15, -0.1) is 11.3 Å². The number of nitrogens with zero attached hydrogens (tertiary/aromatic N) is 2. The molecule has 10 heavy (non-hydrogen) atoms. The maximum absolute atomic E-state index is 8.66. The summed E-state index contributed by atoms with van der Waals surface area (Å²) >= 11 is 1.61. The van der Waals surface area contributed by atoms with Gasteiger partial charge in [0.1, 0.15) is 0 Å². The third kappa shape index (κ3) is 0.659. The summed E-state index contributed by atoms with van der Waals surface area (Å²) in [5.41, 5.74) is 2.98. The molecule has 0 fully saturated rings. The Morgan fingerprint density at radius 3 is 3.50 bits per heavy atom. The minimum Gasteiger partial charge on any atom is -0.249 e. The third-order valence-corrected chi connectivity index (χ3v) is 2.80. The molecule has 1 aromatic heterocycles. The van der Waals surface area contributed by atoms with Gasteiger partial charge in [0.25, 0.3) is 0 Å². The number of nitriles is 1. The molecule has 2 rings (SSSR count). The average Bonchev–Trinajstić information content (AvgIpc) is 2.44. The highest BCUT2D eigenvalue weighted by atomic mass is 32.1. The molecule has 0 aliphatic heterocycles. The first-order chi connectivity index (χ1) is 4.92. The van der Waals surface area contributed by atoms with Crippen LogP contribution < -0.4 is 0 Å². The van der Waals surface area contributed by atoms with Crippen LogP contribution in [0, 0.1) is 11.3 Å². The minimum absolute atomic E-state index is 0.141. The fraction of sp³-hybridized carbons (Fsp3) is 0.429. The van der Waals surface area contributed by atoms with E-state index in [9.17, 15) is 0 Å². The molecule has 0 saturated heterocycles. The maximum atomic E-state index is 8.66. The Morgan fingerprint density at radius 1 is 1.80 bits per heavy atom. The molecule has 0 radical (unpaired) electrons. The van der Waals surface area contributed by atoms with Gasteiger partial charge in [0.05, 0.1) is 23.2 Å². The zero-order valence-corrected chi connectivity index (χ0v) is 6.19. The molecular formula is C7H6N2S. The van der Waals surface area contributed by atoms with Crippen molar-refractivity contribution < 1.29 is 0 Å². The van der Waals surface area contributed by atoms with Crippen LogP contribution in [-0.4, -0.2) is 4.98 Å². The summed E-state index contributed by atoms with van der Waals surface area (Å²) in [5, 5.41) is 8.66. The van der Waals surface area contributed by atoms with Gasteiger partial charge >= 0.3 is 0 Å². The van der Waals surface area contributed by atoms with E-state index in [1.165, 1.54) is 4.88 Å². The molecule has 1 heterocycles. The Morgan fingerprint density at radius 2 is 2.70 bits per heavy atom. The first-order valence-corrected chi connectivity index (χ1v) is 4.11. The molecule has 1 aromatic rings. The summed E-state index contributed by atoms with van der Waals surface area (Å²) in [7, 11) is 0. The molecule has 3 heteroatoms. The quantitative estimate of drug-likeness (QED) is 0.564. The van der Waals surface area contributed by atoms with E-state index in [-0.39, 0.29) is 5.92 Å². The van der Waals surface area contributed by atoms with Crippen molar-refractivity contribution in [2.24, 2.45) is 0 Å². The highest BCUT2D eigenvalue weighted by molar-refractivity contribution is 7.09. The lowest BCUT2D eigenvalue weighted by Gasteiger charge is -1.91. The van der Waals surface area contributed by atoms with E-state index >= 15 is 0 Å². The van der Waals surface area contributed by atoms with E-state index < -0.39 is 0 Å². The molecule has 0 amide bonds. The van der Waals surface area contributed by atoms with Crippen molar-refractivity contribution in [3.05, 3.63) is 16.1 Å². The van der Waals surface area contributed by atoms with Gasteiger partial charge in [0.2, 0.25) is 0 Å². The Balaban J connectivity index is 2.46. The van der Waals surface area contributed by atoms with Crippen molar-refractivity contribution >= 4 is 11.3 Å². The molecular weight excluding hydrogens is 144 g/mol. The molecule has 50 valence electrons. The second kappa shape index (κ2) is 2.06. The van der Waals surface area contributed by atoms with Gasteiger partial charge in [-0.2, -0.15) is 5.26 Å². The van der Waals surface area contributed by atoms with Crippen LogP contribution in [0.25, 0.3) is 0 Å². The van der Waals surface area contributed by atoms with Crippen molar-refractivity contribution in [2.75, 3.05) is 0 Å². The largest absolute Gasteiger partial charge is 0.249 e. The molecule has 0 aromatic carbocycles. The number of aromatic nitrogens is 1. The van der Waals surface area contributed by atoms with Crippen LogP contribution in [0.2, 0.25) is 0 Å². The molecule has 1 aliphatic rings. The summed E-state index contributed by atoms with van der Waals surface area (Å²) in [5.74, 6) is 0.141. The van der Waals surface area contributed by atoms with Gasteiger partial charge in [-0.3, -0.25) is 0 Å².